The van der Waals surface area contributed by atoms with Crippen LogP contribution in [-0.2, 0) is 65.4 Å². The van der Waals surface area contributed by atoms with Gasteiger partial charge in [0.1, 0.15) is 19.3 Å². The van der Waals surface area contributed by atoms with Gasteiger partial charge in [-0.05, 0) is 37.5 Å². The molecule has 0 fully saturated rings. The normalized spacial score (nSPS) is 14.0. The highest BCUT2D eigenvalue weighted by molar-refractivity contribution is 7.47. The number of phosphoric acid groups is 2. The molecule has 5 atom stereocenters. The van der Waals surface area contributed by atoms with Crippen molar-refractivity contribution in [3.8, 4) is 0 Å². The fraction of sp³-hybridized carbons (Fsp3) is 0.947. The Balaban J connectivity index is 5.23. The first-order valence-electron chi connectivity index (χ1n) is 39.0. The summed E-state index contributed by atoms with van der Waals surface area (Å²) >= 11 is 0. The third kappa shape index (κ3) is 68.6. The molecular formula is C75H146O17P2. The number of hydrogen-bond donors (Lipinski definition) is 3. The van der Waals surface area contributed by atoms with Gasteiger partial charge in [-0.3, -0.25) is 37.3 Å². The van der Waals surface area contributed by atoms with E-state index in [1.165, 1.54) is 199 Å². The molecule has 0 aliphatic carbocycles. The summed E-state index contributed by atoms with van der Waals surface area (Å²) in [5, 5.41) is 10.6. The van der Waals surface area contributed by atoms with Crippen molar-refractivity contribution < 1.29 is 80.2 Å². The fourth-order valence-electron chi connectivity index (χ4n) is 11.5. The van der Waals surface area contributed by atoms with Gasteiger partial charge in [-0.2, -0.15) is 0 Å². The van der Waals surface area contributed by atoms with E-state index < -0.39 is 97.5 Å². The maximum Gasteiger partial charge on any atom is 0.472 e. The molecule has 0 saturated carbocycles. The number of unbranched alkanes of at least 4 members (excludes halogenated alkanes) is 44. The van der Waals surface area contributed by atoms with Crippen molar-refractivity contribution in [1.29, 1.82) is 0 Å². The van der Waals surface area contributed by atoms with E-state index in [0.29, 0.717) is 31.6 Å². The molecule has 0 radical (unpaired) electrons. The van der Waals surface area contributed by atoms with Gasteiger partial charge in [0.2, 0.25) is 0 Å². The number of hydrogen-bond acceptors (Lipinski definition) is 15. The first-order chi connectivity index (χ1) is 45.4. The van der Waals surface area contributed by atoms with E-state index in [9.17, 15) is 43.2 Å². The van der Waals surface area contributed by atoms with Crippen molar-refractivity contribution in [3.05, 3.63) is 0 Å². The number of rotatable bonds is 74. The Labute approximate surface area is 575 Å². The Morgan fingerprint density at radius 3 is 0.723 bits per heavy atom. The smallest absolute Gasteiger partial charge is 0.462 e. The van der Waals surface area contributed by atoms with E-state index in [-0.39, 0.29) is 25.7 Å². The van der Waals surface area contributed by atoms with Crippen LogP contribution in [0.3, 0.4) is 0 Å². The quantitative estimate of drug-likeness (QED) is 0.0222. The zero-order chi connectivity index (χ0) is 69.3. The highest BCUT2D eigenvalue weighted by Gasteiger charge is 2.30. The summed E-state index contributed by atoms with van der Waals surface area (Å²) < 4.78 is 68.5. The minimum Gasteiger partial charge on any atom is -0.462 e. The summed E-state index contributed by atoms with van der Waals surface area (Å²) in [5.41, 5.74) is 0. The number of phosphoric ester groups is 2. The third-order valence-corrected chi connectivity index (χ3v) is 19.4. The molecule has 0 rings (SSSR count). The van der Waals surface area contributed by atoms with Crippen molar-refractivity contribution in [3.63, 3.8) is 0 Å². The fourth-order valence-corrected chi connectivity index (χ4v) is 13.1. The zero-order valence-corrected chi connectivity index (χ0v) is 63.1. The van der Waals surface area contributed by atoms with Crippen LogP contribution in [0.2, 0.25) is 0 Å². The van der Waals surface area contributed by atoms with E-state index in [1.807, 2.05) is 0 Å². The van der Waals surface area contributed by atoms with Gasteiger partial charge in [-0.25, -0.2) is 9.13 Å². The van der Waals surface area contributed by atoms with Gasteiger partial charge in [-0.15, -0.1) is 0 Å². The lowest BCUT2D eigenvalue weighted by Crippen LogP contribution is -2.30. The molecule has 0 amide bonds. The van der Waals surface area contributed by atoms with Crippen molar-refractivity contribution >= 4 is 39.5 Å². The van der Waals surface area contributed by atoms with E-state index in [4.69, 9.17) is 37.0 Å². The van der Waals surface area contributed by atoms with Crippen LogP contribution < -0.4 is 0 Å². The van der Waals surface area contributed by atoms with Gasteiger partial charge < -0.3 is 33.8 Å². The van der Waals surface area contributed by atoms with Crippen molar-refractivity contribution in [2.75, 3.05) is 39.6 Å². The highest BCUT2D eigenvalue weighted by Crippen LogP contribution is 2.45. The topological polar surface area (TPSA) is 237 Å². The Hall–Kier alpha value is -1.94. The first-order valence-corrected chi connectivity index (χ1v) is 42.0. The van der Waals surface area contributed by atoms with Gasteiger partial charge in [-0.1, -0.05) is 337 Å². The van der Waals surface area contributed by atoms with Crippen LogP contribution in [0.4, 0.5) is 0 Å². The average Bonchev–Trinajstić information content (AvgIpc) is 1.47. The van der Waals surface area contributed by atoms with Crippen molar-refractivity contribution in [1.82, 2.24) is 0 Å². The molecule has 17 nitrogen and oxygen atoms in total. The minimum atomic E-state index is -4.96. The van der Waals surface area contributed by atoms with E-state index in [0.717, 1.165) is 102 Å². The molecule has 0 aromatic heterocycles. The Kier molecular flexibility index (Phi) is 65.5. The van der Waals surface area contributed by atoms with Crippen LogP contribution in [0, 0.1) is 11.8 Å². The molecule has 0 saturated heterocycles. The van der Waals surface area contributed by atoms with Gasteiger partial charge in [0.25, 0.3) is 0 Å². The average molecular weight is 1380 g/mol. The lowest BCUT2D eigenvalue weighted by atomic mass is 10.0. The molecule has 0 aliphatic rings. The molecule has 0 aromatic rings. The molecule has 94 heavy (non-hydrogen) atoms. The maximum atomic E-state index is 13.1. The van der Waals surface area contributed by atoms with Crippen LogP contribution in [0.5, 0.6) is 0 Å². The van der Waals surface area contributed by atoms with Crippen LogP contribution in [0.1, 0.15) is 388 Å². The maximum absolute atomic E-state index is 13.1. The summed E-state index contributed by atoms with van der Waals surface area (Å²) in [5.74, 6) is -0.616. The summed E-state index contributed by atoms with van der Waals surface area (Å²) in [6, 6.07) is 0. The van der Waals surface area contributed by atoms with Crippen LogP contribution in [0.15, 0.2) is 0 Å². The minimum absolute atomic E-state index is 0.106. The largest absolute Gasteiger partial charge is 0.472 e. The van der Waals surface area contributed by atoms with Crippen molar-refractivity contribution in [2.45, 2.75) is 407 Å². The Bertz CT molecular complexity index is 1820. The third-order valence-electron chi connectivity index (χ3n) is 17.5. The predicted molar refractivity (Wildman–Crippen MR) is 381 cm³/mol. The second-order valence-electron chi connectivity index (χ2n) is 28.0. The molecule has 0 aromatic carbocycles. The number of esters is 4. The van der Waals surface area contributed by atoms with Crippen LogP contribution >= 0.6 is 15.6 Å². The Morgan fingerprint density at radius 2 is 0.489 bits per heavy atom. The lowest BCUT2D eigenvalue weighted by molar-refractivity contribution is -0.161. The summed E-state index contributed by atoms with van der Waals surface area (Å²) in [4.78, 5) is 72.7. The SMILES string of the molecule is CCCCCCCCCCCCCCCCCCC(=O)OC[C@H](COP(=O)(O)OC[C@@H](O)COP(=O)(O)OC[C@@H](COC(=O)CCCCCCCCCC(C)C)OC(=O)CCCCCCCCCCCCC)OC(=O)CCCCCCCCCCCCCCCCC(C)C. The summed E-state index contributed by atoms with van der Waals surface area (Å²) in [7, 11) is -9.91. The Morgan fingerprint density at radius 1 is 0.287 bits per heavy atom. The number of ether oxygens (including phenoxy) is 4. The molecule has 3 N–H and O–H groups in total. The van der Waals surface area contributed by atoms with E-state index >= 15 is 0 Å². The second-order valence-corrected chi connectivity index (χ2v) is 30.9. The predicted octanol–water partition coefficient (Wildman–Crippen LogP) is 21.9. The number of aliphatic hydroxyl groups is 1. The second kappa shape index (κ2) is 66.9. The van der Waals surface area contributed by atoms with Crippen molar-refractivity contribution in [2.24, 2.45) is 11.8 Å². The molecule has 0 bridgehead atoms. The van der Waals surface area contributed by atoms with Gasteiger partial charge >= 0.3 is 39.5 Å². The number of aliphatic hydroxyl groups excluding tert-OH is 1. The summed E-state index contributed by atoms with van der Waals surface area (Å²) in [6.07, 6.45) is 54.1. The molecule has 2 unspecified atom stereocenters. The molecule has 0 aliphatic heterocycles. The number of carbonyl (C=O) groups excluding carboxylic acids is 4. The first kappa shape index (κ1) is 92.1. The molecule has 0 spiro atoms. The van der Waals surface area contributed by atoms with Gasteiger partial charge in [0, 0.05) is 25.7 Å². The standard InChI is InChI=1S/C75H146O17P2/c1-7-9-11-13-15-17-19-20-21-22-26-30-33-39-45-51-57-72(77)85-63-70(91-75(80)60-54-48-41-35-31-27-24-23-25-29-32-37-43-49-55-67(3)4)65-89-93(81,82)87-61-69(76)62-88-94(83,84)90-66-71(64-86-73(78)58-52-46-42-36-38-44-50-56-68(5)6)92-74(79)59-53-47-40-34-28-18-16-14-12-10-8-2/h67-71,76H,7-66H2,1-6H3,(H,81,82)(H,83,84)/t69-,70-,71-/m1/s1. The van der Waals surface area contributed by atoms with Gasteiger partial charge in [0.05, 0.1) is 26.4 Å². The number of carbonyl (C=O) groups is 4. The lowest BCUT2D eigenvalue weighted by Gasteiger charge is -2.21. The molecular weight excluding hydrogens is 1230 g/mol. The zero-order valence-electron chi connectivity index (χ0n) is 61.3. The van der Waals surface area contributed by atoms with E-state index in [2.05, 4.69) is 41.5 Å². The monoisotopic (exact) mass is 1380 g/mol. The summed E-state index contributed by atoms with van der Waals surface area (Å²) in [6.45, 7) is 9.55. The highest BCUT2D eigenvalue weighted by atomic mass is 31.2. The van der Waals surface area contributed by atoms with Crippen LogP contribution in [-0.4, -0.2) is 96.7 Å². The molecule has 0 heterocycles. The van der Waals surface area contributed by atoms with Crippen LogP contribution in [0.25, 0.3) is 0 Å². The van der Waals surface area contributed by atoms with E-state index in [1.54, 1.807) is 0 Å². The van der Waals surface area contributed by atoms with Gasteiger partial charge in [0.15, 0.2) is 12.2 Å². The molecule has 558 valence electrons. The molecule has 19 heteroatoms.